The van der Waals surface area contributed by atoms with Crippen LogP contribution in [0.1, 0.15) is 0 Å². The van der Waals surface area contributed by atoms with Gasteiger partial charge in [0.2, 0.25) is 0 Å². The molecule has 4 aromatic rings. The van der Waals surface area contributed by atoms with Gasteiger partial charge in [-0.2, -0.15) is 0 Å². The number of hydrogen-bond acceptors (Lipinski definition) is 1. The molecule has 0 saturated heterocycles. The van der Waals surface area contributed by atoms with E-state index in [1.807, 2.05) is 12.1 Å². The molecule has 0 aliphatic heterocycles. The fourth-order valence-electron chi connectivity index (χ4n) is 2.84. The third-order valence-corrected chi connectivity index (χ3v) is 6.42. The number of hydrogen-bond donors (Lipinski definition) is 0. The van der Waals surface area contributed by atoms with Crippen molar-refractivity contribution in [3.63, 3.8) is 0 Å². The summed E-state index contributed by atoms with van der Waals surface area (Å²) in [5.41, 5.74) is 0. The van der Waals surface area contributed by atoms with E-state index in [9.17, 15) is 0 Å². The topological polar surface area (TPSA) is 9.23 Å². The first-order valence-corrected chi connectivity index (χ1v) is 9.29. The minimum absolute atomic E-state index is 0.257. The molecule has 0 aromatic heterocycles. The standard InChI is InChI=1S/C21H16OSe/c1-22-17-10-12-18(13-11-17)23-21-19-8-4-2-6-15(19)14-16-7-3-5-9-20(16)21/h2-14H,1H3. The van der Waals surface area contributed by atoms with Gasteiger partial charge in [-0.25, -0.2) is 0 Å². The Morgan fingerprint density at radius 2 is 1.26 bits per heavy atom. The van der Waals surface area contributed by atoms with Gasteiger partial charge in [-0.15, -0.1) is 0 Å². The summed E-state index contributed by atoms with van der Waals surface area (Å²) in [6.45, 7) is 0. The van der Waals surface area contributed by atoms with Gasteiger partial charge in [0.15, 0.2) is 0 Å². The van der Waals surface area contributed by atoms with Crippen LogP contribution in [0.2, 0.25) is 0 Å². The Hall–Kier alpha value is -2.28. The predicted molar refractivity (Wildman–Crippen MR) is 99.5 cm³/mol. The number of ether oxygens (including phenoxy) is 1. The zero-order chi connectivity index (χ0) is 15.6. The normalized spacial score (nSPS) is 11.0. The van der Waals surface area contributed by atoms with Crippen LogP contribution in [0.4, 0.5) is 0 Å². The van der Waals surface area contributed by atoms with E-state index in [1.54, 1.807) is 7.11 Å². The summed E-state index contributed by atoms with van der Waals surface area (Å²) < 4.78 is 8.08. The third-order valence-electron chi connectivity index (χ3n) is 4.00. The van der Waals surface area contributed by atoms with Crippen LogP contribution in [0.5, 0.6) is 5.75 Å². The summed E-state index contributed by atoms with van der Waals surface area (Å²) in [6.07, 6.45) is 0. The number of benzene rings is 4. The van der Waals surface area contributed by atoms with Crippen LogP contribution < -0.4 is 13.7 Å². The minimum atomic E-state index is 0.257. The van der Waals surface area contributed by atoms with E-state index in [2.05, 4.69) is 66.7 Å². The summed E-state index contributed by atoms with van der Waals surface area (Å²) in [5.74, 6) is 0.910. The van der Waals surface area contributed by atoms with Crippen LogP contribution in [0.15, 0.2) is 78.9 Å². The maximum absolute atomic E-state index is 5.27. The Kier molecular flexibility index (Phi) is 3.78. The van der Waals surface area contributed by atoms with Gasteiger partial charge >= 0.3 is 142 Å². The Morgan fingerprint density at radius 3 is 1.83 bits per heavy atom. The second-order valence-electron chi connectivity index (χ2n) is 5.43. The van der Waals surface area contributed by atoms with Crippen LogP contribution in [0.25, 0.3) is 21.5 Å². The van der Waals surface area contributed by atoms with Crippen molar-refractivity contribution >= 4 is 45.4 Å². The van der Waals surface area contributed by atoms with Crippen molar-refractivity contribution in [1.29, 1.82) is 0 Å². The van der Waals surface area contributed by atoms with E-state index in [0.717, 1.165) is 5.75 Å². The summed E-state index contributed by atoms with van der Waals surface area (Å²) in [5, 5.41) is 5.36. The van der Waals surface area contributed by atoms with Gasteiger partial charge in [0, 0.05) is 0 Å². The van der Waals surface area contributed by atoms with Crippen molar-refractivity contribution in [1.82, 2.24) is 0 Å². The Balaban J connectivity index is 1.91. The molecule has 0 radical (unpaired) electrons. The Morgan fingerprint density at radius 1 is 0.696 bits per heavy atom. The molecule has 4 aromatic carbocycles. The van der Waals surface area contributed by atoms with E-state index in [1.165, 1.54) is 30.5 Å². The number of fused-ring (bicyclic) bond motifs is 2. The molecule has 0 aliphatic rings. The second kappa shape index (κ2) is 6.08. The van der Waals surface area contributed by atoms with Gasteiger partial charge in [0.1, 0.15) is 0 Å². The quantitative estimate of drug-likeness (QED) is 0.399. The molecule has 0 fully saturated rings. The first-order chi connectivity index (χ1) is 11.3. The average molecular weight is 363 g/mol. The molecule has 4 rings (SSSR count). The van der Waals surface area contributed by atoms with Gasteiger partial charge in [-0.1, -0.05) is 0 Å². The van der Waals surface area contributed by atoms with Gasteiger partial charge in [0.25, 0.3) is 0 Å². The number of methoxy groups -OCH3 is 1. The van der Waals surface area contributed by atoms with Crippen molar-refractivity contribution in [3.05, 3.63) is 78.9 Å². The molecule has 0 atom stereocenters. The maximum atomic E-state index is 5.27. The van der Waals surface area contributed by atoms with E-state index in [-0.39, 0.29) is 15.0 Å². The van der Waals surface area contributed by atoms with Crippen LogP contribution >= 0.6 is 0 Å². The molecule has 0 unspecified atom stereocenters. The summed E-state index contributed by atoms with van der Waals surface area (Å²) in [6, 6.07) is 28.1. The summed E-state index contributed by atoms with van der Waals surface area (Å²) >= 11 is 0.257. The Labute approximate surface area is 142 Å². The zero-order valence-electron chi connectivity index (χ0n) is 12.8. The van der Waals surface area contributed by atoms with Crippen molar-refractivity contribution in [2.45, 2.75) is 0 Å². The van der Waals surface area contributed by atoms with E-state index < -0.39 is 0 Å². The van der Waals surface area contributed by atoms with Crippen molar-refractivity contribution < 1.29 is 4.74 Å². The molecule has 0 amide bonds. The molecule has 0 bridgehead atoms. The molecule has 2 heteroatoms. The van der Waals surface area contributed by atoms with Gasteiger partial charge in [-0.3, -0.25) is 0 Å². The average Bonchev–Trinajstić information content (AvgIpc) is 2.62. The van der Waals surface area contributed by atoms with Gasteiger partial charge < -0.3 is 0 Å². The summed E-state index contributed by atoms with van der Waals surface area (Å²) in [4.78, 5) is 0. The van der Waals surface area contributed by atoms with E-state index in [0.29, 0.717) is 0 Å². The fourth-order valence-corrected chi connectivity index (χ4v) is 5.15. The van der Waals surface area contributed by atoms with Gasteiger partial charge in [0.05, 0.1) is 0 Å². The van der Waals surface area contributed by atoms with Crippen molar-refractivity contribution in [2.24, 2.45) is 0 Å². The van der Waals surface area contributed by atoms with Crippen LogP contribution in [0.3, 0.4) is 0 Å². The fraction of sp³-hybridized carbons (Fsp3) is 0.0476. The first-order valence-electron chi connectivity index (χ1n) is 7.57. The molecule has 0 aliphatic carbocycles. The molecule has 112 valence electrons. The van der Waals surface area contributed by atoms with Crippen LogP contribution in [-0.2, 0) is 0 Å². The summed E-state index contributed by atoms with van der Waals surface area (Å²) in [7, 11) is 1.71. The predicted octanol–water partition coefficient (Wildman–Crippen LogP) is 3.66. The molecule has 0 heterocycles. The molecular formula is C21H16OSe. The monoisotopic (exact) mass is 364 g/mol. The molecule has 1 nitrogen and oxygen atoms in total. The van der Waals surface area contributed by atoms with Crippen molar-refractivity contribution in [3.8, 4) is 5.75 Å². The molecule has 0 N–H and O–H groups in total. The third kappa shape index (κ3) is 2.72. The van der Waals surface area contributed by atoms with Gasteiger partial charge in [-0.05, 0) is 0 Å². The second-order valence-corrected chi connectivity index (χ2v) is 7.70. The number of rotatable bonds is 3. The first kappa shape index (κ1) is 14.3. The van der Waals surface area contributed by atoms with Crippen LogP contribution in [0, 0.1) is 0 Å². The van der Waals surface area contributed by atoms with E-state index >= 15 is 0 Å². The molecule has 0 saturated carbocycles. The molecule has 0 spiro atoms. The Bertz CT molecular complexity index is 920. The molecular weight excluding hydrogens is 347 g/mol. The zero-order valence-corrected chi connectivity index (χ0v) is 14.5. The van der Waals surface area contributed by atoms with Crippen molar-refractivity contribution in [2.75, 3.05) is 7.11 Å². The SMILES string of the molecule is COc1ccc([Se]c2c3ccccc3cc3ccccc23)cc1. The van der Waals surface area contributed by atoms with E-state index in [4.69, 9.17) is 4.74 Å². The van der Waals surface area contributed by atoms with Crippen LogP contribution in [-0.4, -0.2) is 22.1 Å². The molecule has 23 heavy (non-hydrogen) atoms.